The second kappa shape index (κ2) is 9.59. The molecule has 1 saturated heterocycles. The molecule has 158 valence electrons. The first-order valence-electron chi connectivity index (χ1n) is 11.4. The summed E-state index contributed by atoms with van der Waals surface area (Å²) in [5, 5.41) is 7.49. The third-order valence-corrected chi connectivity index (χ3v) is 6.49. The number of piperidine rings is 1. The fourth-order valence-corrected chi connectivity index (χ4v) is 4.57. The summed E-state index contributed by atoms with van der Waals surface area (Å²) in [7, 11) is 0. The third-order valence-electron chi connectivity index (χ3n) is 6.49. The largest absolute Gasteiger partial charge is 0.370 e. The van der Waals surface area contributed by atoms with Gasteiger partial charge in [0.15, 0.2) is 0 Å². The summed E-state index contributed by atoms with van der Waals surface area (Å²) in [6.07, 6.45) is 15.3. The van der Waals surface area contributed by atoms with E-state index in [9.17, 15) is 9.59 Å². The Morgan fingerprint density at radius 3 is 2.83 bits per heavy atom. The van der Waals surface area contributed by atoms with E-state index in [1.54, 1.807) is 10.7 Å². The van der Waals surface area contributed by atoms with Crippen LogP contribution < -0.4 is 15.8 Å². The third kappa shape index (κ3) is 5.94. The fourth-order valence-electron chi connectivity index (χ4n) is 4.57. The molecule has 1 unspecified atom stereocenters. The SMILES string of the molecule is O=C(CC1CCCN(c2cnn(CC3CC3)c(=O)c2)C1)NCCC1=CCCCC1. The van der Waals surface area contributed by atoms with Crippen LogP contribution in [0.4, 0.5) is 5.69 Å². The highest BCUT2D eigenvalue weighted by atomic mass is 16.1. The van der Waals surface area contributed by atoms with Gasteiger partial charge >= 0.3 is 0 Å². The van der Waals surface area contributed by atoms with Crippen LogP contribution in [0.3, 0.4) is 0 Å². The number of amides is 1. The zero-order chi connectivity index (χ0) is 20.1. The topological polar surface area (TPSA) is 67.2 Å². The highest BCUT2D eigenvalue weighted by Crippen LogP contribution is 2.30. The lowest BCUT2D eigenvalue weighted by molar-refractivity contribution is -0.122. The Hall–Kier alpha value is -2.11. The maximum absolute atomic E-state index is 12.4. The predicted octanol–water partition coefficient (Wildman–Crippen LogP) is 3.27. The number of aromatic nitrogens is 2. The molecule has 2 aliphatic carbocycles. The molecule has 1 N–H and O–H groups in total. The van der Waals surface area contributed by atoms with Crippen molar-refractivity contribution in [3.05, 3.63) is 34.3 Å². The van der Waals surface area contributed by atoms with Gasteiger partial charge in [0.25, 0.3) is 5.56 Å². The number of carbonyl (C=O) groups is 1. The molecule has 2 fully saturated rings. The first-order valence-corrected chi connectivity index (χ1v) is 11.4. The Morgan fingerprint density at radius 2 is 2.07 bits per heavy atom. The molecule has 0 spiro atoms. The first-order chi connectivity index (χ1) is 14.2. The van der Waals surface area contributed by atoms with Crippen LogP contribution in [0.15, 0.2) is 28.7 Å². The minimum absolute atomic E-state index is 0.00807. The van der Waals surface area contributed by atoms with Crippen LogP contribution >= 0.6 is 0 Å². The Kier molecular flexibility index (Phi) is 6.67. The van der Waals surface area contributed by atoms with Gasteiger partial charge in [-0.1, -0.05) is 11.6 Å². The molecule has 1 saturated carbocycles. The average molecular weight is 399 g/mol. The predicted molar refractivity (Wildman–Crippen MR) is 115 cm³/mol. The lowest BCUT2D eigenvalue weighted by Gasteiger charge is -2.34. The highest BCUT2D eigenvalue weighted by Gasteiger charge is 2.25. The Balaban J connectivity index is 1.24. The van der Waals surface area contributed by atoms with E-state index in [1.165, 1.54) is 44.1 Å². The average Bonchev–Trinajstić information content (AvgIpc) is 3.55. The second-order valence-corrected chi connectivity index (χ2v) is 9.04. The lowest BCUT2D eigenvalue weighted by Crippen LogP contribution is -2.39. The van der Waals surface area contributed by atoms with E-state index in [0.29, 0.717) is 18.3 Å². The molecule has 1 aromatic rings. The van der Waals surface area contributed by atoms with Gasteiger partial charge in [0.05, 0.1) is 11.9 Å². The molecule has 6 nitrogen and oxygen atoms in total. The van der Waals surface area contributed by atoms with Gasteiger partial charge in [-0.2, -0.15) is 5.10 Å². The standard InChI is InChI=1S/C23H34N4O2/c28-22(24-11-10-18-5-2-1-3-6-18)13-20-7-4-12-26(16-20)21-14-23(29)27(25-15-21)17-19-8-9-19/h5,14-15,19-20H,1-4,6-13,16-17H2,(H,24,28). The van der Waals surface area contributed by atoms with Crippen molar-refractivity contribution >= 4 is 11.6 Å². The zero-order valence-electron chi connectivity index (χ0n) is 17.4. The number of nitrogens with one attached hydrogen (secondary N) is 1. The van der Waals surface area contributed by atoms with Gasteiger partial charge in [-0.25, -0.2) is 4.68 Å². The van der Waals surface area contributed by atoms with E-state index in [-0.39, 0.29) is 11.5 Å². The molecule has 0 radical (unpaired) electrons. The number of anilines is 1. The highest BCUT2D eigenvalue weighted by molar-refractivity contribution is 5.76. The van der Waals surface area contributed by atoms with Crippen molar-refractivity contribution in [2.75, 3.05) is 24.5 Å². The summed E-state index contributed by atoms with van der Waals surface area (Å²) in [5.74, 6) is 1.14. The lowest BCUT2D eigenvalue weighted by atomic mass is 9.94. The summed E-state index contributed by atoms with van der Waals surface area (Å²) in [5.41, 5.74) is 2.40. The first kappa shape index (κ1) is 20.2. The van der Waals surface area contributed by atoms with Crippen molar-refractivity contribution in [1.29, 1.82) is 0 Å². The second-order valence-electron chi connectivity index (χ2n) is 9.04. The smallest absolute Gasteiger partial charge is 0.268 e. The van der Waals surface area contributed by atoms with Crippen LogP contribution in [-0.2, 0) is 11.3 Å². The maximum atomic E-state index is 12.4. The normalized spacial score (nSPS) is 22.3. The maximum Gasteiger partial charge on any atom is 0.268 e. The van der Waals surface area contributed by atoms with Crippen molar-refractivity contribution in [3.8, 4) is 0 Å². The summed E-state index contributed by atoms with van der Waals surface area (Å²) in [4.78, 5) is 27.0. The summed E-state index contributed by atoms with van der Waals surface area (Å²) >= 11 is 0. The molecule has 1 amide bonds. The molecule has 2 heterocycles. The molecule has 29 heavy (non-hydrogen) atoms. The fraction of sp³-hybridized carbons (Fsp3) is 0.696. The van der Waals surface area contributed by atoms with Crippen molar-refractivity contribution in [1.82, 2.24) is 15.1 Å². The molecule has 1 atom stereocenters. The van der Waals surface area contributed by atoms with Crippen LogP contribution in [-0.4, -0.2) is 35.3 Å². The quantitative estimate of drug-likeness (QED) is 0.683. The van der Waals surface area contributed by atoms with E-state index >= 15 is 0 Å². The van der Waals surface area contributed by atoms with Gasteiger partial charge in [0, 0.05) is 38.7 Å². The number of allylic oxidation sites excluding steroid dienone is 1. The molecule has 0 aromatic carbocycles. The van der Waals surface area contributed by atoms with Gasteiger partial charge in [-0.05, 0) is 69.6 Å². The molecule has 1 aromatic heterocycles. The number of hydrogen-bond donors (Lipinski definition) is 1. The van der Waals surface area contributed by atoms with Crippen LogP contribution in [0.25, 0.3) is 0 Å². The number of nitrogens with zero attached hydrogens (tertiary/aromatic N) is 3. The van der Waals surface area contributed by atoms with Crippen LogP contribution in [0, 0.1) is 11.8 Å². The van der Waals surface area contributed by atoms with E-state index in [4.69, 9.17) is 0 Å². The van der Waals surface area contributed by atoms with E-state index in [1.807, 2.05) is 6.20 Å². The van der Waals surface area contributed by atoms with E-state index < -0.39 is 0 Å². The van der Waals surface area contributed by atoms with Crippen molar-refractivity contribution in [2.24, 2.45) is 11.8 Å². The van der Waals surface area contributed by atoms with Crippen LogP contribution in [0.2, 0.25) is 0 Å². The Morgan fingerprint density at radius 1 is 1.17 bits per heavy atom. The van der Waals surface area contributed by atoms with Gasteiger partial charge in [0.2, 0.25) is 5.91 Å². The minimum Gasteiger partial charge on any atom is -0.370 e. The molecule has 6 heteroatoms. The van der Waals surface area contributed by atoms with E-state index in [2.05, 4.69) is 21.4 Å². The molecule has 0 bridgehead atoms. The molecule has 3 aliphatic rings. The van der Waals surface area contributed by atoms with Crippen LogP contribution in [0.1, 0.15) is 64.2 Å². The van der Waals surface area contributed by atoms with Gasteiger partial charge < -0.3 is 10.2 Å². The zero-order valence-corrected chi connectivity index (χ0v) is 17.4. The summed E-state index contributed by atoms with van der Waals surface area (Å²) in [6.45, 7) is 3.26. The van der Waals surface area contributed by atoms with Crippen molar-refractivity contribution in [3.63, 3.8) is 0 Å². The minimum atomic E-state index is -0.00807. The number of rotatable bonds is 8. The Labute approximate surface area is 173 Å². The summed E-state index contributed by atoms with van der Waals surface area (Å²) in [6, 6.07) is 1.72. The number of hydrogen-bond acceptors (Lipinski definition) is 4. The molecular weight excluding hydrogens is 364 g/mol. The summed E-state index contributed by atoms with van der Waals surface area (Å²) < 4.78 is 1.60. The molecule has 4 rings (SSSR count). The monoisotopic (exact) mass is 398 g/mol. The molecule has 1 aliphatic heterocycles. The number of carbonyl (C=O) groups excluding carboxylic acids is 1. The van der Waals surface area contributed by atoms with Crippen LogP contribution in [0.5, 0.6) is 0 Å². The van der Waals surface area contributed by atoms with E-state index in [0.717, 1.165) is 51.1 Å². The van der Waals surface area contributed by atoms with Crippen molar-refractivity contribution in [2.45, 2.75) is 70.8 Å². The Bertz CT molecular complexity index is 796. The molecular formula is C23H34N4O2. The van der Waals surface area contributed by atoms with Crippen molar-refractivity contribution < 1.29 is 4.79 Å². The van der Waals surface area contributed by atoms with Gasteiger partial charge in [-0.3, -0.25) is 9.59 Å². The van der Waals surface area contributed by atoms with Gasteiger partial charge in [-0.15, -0.1) is 0 Å². The van der Waals surface area contributed by atoms with Gasteiger partial charge in [0.1, 0.15) is 0 Å².